The van der Waals surface area contributed by atoms with Gasteiger partial charge in [-0.2, -0.15) is 137 Å². The molecule has 13 rings (SSSR count). The van der Waals surface area contributed by atoms with Crippen molar-refractivity contribution < 1.29 is 132 Å². The van der Waals surface area contributed by atoms with Crippen LogP contribution in [-0.2, 0) is 61.8 Å². The van der Waals surface area contributed by atoms with Crippen molar-refractivity contribution in [2.45, 2.75) is 61.8 Å². The molecule has 0 aliphatic heterocycles. The zero-order valence-electron chi connectivity index (χ0n) is 53.7. The molecule has 3 nitrogen and oxygen atoms in total. The Bertz CT molecular complexity index is 5680. The molecule has 110 heavy (non-hydrogen) atoms. The molecule has 33 heteroatoms. The van der Waals surface area contributed by atoms with Crippen molar-refractivity contribution in [3.8, 4) is 84.2 Å². The second kappa shape index (κ2) is 25.8. The standard InChI is InChI=1S/C77H33F30N3/c78-68(79,80)41-7-13-47(58(28-41)73(93,94)95)35-4-20-65(110-66-21-5-38(50-16-10-44(71(87,88)89)31-61(50)76(102,103)104)26-56(66)57-27-39(6-22-67(57)110)51-17-11-45(72(90,91)92)32-62(51)77(105,106)107)53(23-35)52-33-46(12-1-40(52)34-108)109-63-18-2-36(48-14-8-42(69(81,82)83)29-59(48)74(96,97)98)24-54(63)55-25-37(3-19-64(55)109)49-15-9-43(70(84,85)86)30-60(49)75(99,100)101/h1-33H. The van der Waals surface area contributed by atoms with E-state index >= 15 is 13.2 Å². The first-order chi connectivity index (χ1) is 50.8. The molecule has 0 aliphatic carbocycles. The van der Waals surface area contributed by atoms with Gasteiger partial charge in [-0.15, -0.1) is 0 Å². The van der Waals surface area contributed by atoms with Crippen LogP contribution in [0, 0.1) is 11.3 Å². The maximum Gasteiger partial charge on any atom is 0.417 e. The molecule has 0 unspecified atom stereocenters. The van der Waals surface area contributed by atoms with E-state index in [-0.39, 0.29) is 97.8 Å². The van der Waals surface area contributed by atoms with E-state index in [0.717, 1.165) is 114 Å². The molecule has 0 aliphatic rings. The molecule has 11 aromatic carbocycles. The number of hydrogen-bond donors (Lipinski definition) is 0. The van der Waals surface area contributed by atoms with Crippen LogP contribution in [0.5, 0.6) is 0 Å². The van der Waals surface area contributed by atoms with Gasteiger partial charge in [-0.05, 0) is 195 Å². The lowest BCUT2D eigenvalue weighted by Gasteiger charge is -2.20. The third kappa shape index (κ3) is 14.1. The van der Waals surface area contributed by atoms with Crippen molar-refractivity contribution in [2.24, 2.45) is 0 Å². The van der Waals surface area contributed by atoms with Crippen LogP contribution in [0.2, 0.25) is 0 Å². The molecule has 0 atom stereocenters. The van der Waals surface area contributed by atoms with Gasteiger partial charge in [0.05, 0.1) is 95.0 Å². The van der Waals surface area contributed by atoms with E-state index in [9.17, 15) is 124 Å². The summed E-state index contributed by atoms with van der Waals surface area (Å²) in [7, 11) is 0. The van der Waals surface area contributed by atoms with E-state index in [1.165, 1.54) is 4.57 Å². The van der Waals surface area contributed by atoms with Crippen molar-refractivity contribution in [3.05, 3.63) is 261 Å². The molecule has 13 aromatic rings. The second-order valence-electron chi connectivity index (χ2n) is 25.0. The molecule has 0 saturated heterocycles. The highest BCUT2D eigenvalue weighted by Gasteiger charge is 2.45. The van der Waals surface area contributed by atoms with Crippen molar-refractivity contribution in [1.29, 1.82) is 5.26 Å². The highest BCUT2D eigenvalue weighted by atomic mass is 19.4. The quantitative estimate of drug-likeness (QED) is 0.140. The van der Waals surface area contributed by atoms with E-state index < -0.39 is 195 Å². The number of nitrogens with zero attached hydrogens (tertiary/aromatic N) is 3. The highest BCUT2D eigenvalue weighted by Crippen LogP contribution is 2.52. The minimum Gasteiger partial charge on any atom is -0.309 e. The molecule has 0 radical (unpaired) electrons. The molecular weight excluding hydrogens is 1540 g/mol. The Morgan fingerprint density at radius 3 is 0.700 bits per heavy atom. The van der Waals surface area contributed by atoms with Gasteiger partial charge in [0.1, 0.15) is 0 Å². The van der Waals surface area contributed by atoms with Crippen LogP contribution in [0.15, 0.2) is 200 Å². The maximum atomic E-state index is 15.3. The Kier molecular flexibility index (Phi) is 18.0. The van der Waals surface area contributed by atoms with Gasteiger partial charge in [-0.3, -0.25) is 0 Å². The van der Waals surface area contributed by atoms with Gasteiger partial charge in [0, 0.05) is 38.4 Å². The first-order valence-electron chi connectivity index (χ1n) is 31.1. The Hall–Kier alpha value is -11.6. The van der Waals surface area contributed by atoms with Crippen LogP contribution in [-0.4, -0.2) is 9.13 Å². The minimum absolute atomic E-state index is 0.202. The smallest absolute Gasteiger partial charge is 0.309 e. The van der Waals surface area contributed by atoms with Gasteiger partial charge in [0.2, 0.25) is 0 Å². The molecule has 0 fully saturated rings. The Labute approximate surface area is 595 Å². The van der Waals surface area contributed by atoms with Crippen LogP contribution in [0.25, 0.3) is 122 Å². The van der Waals surface area contributed by atoms with Gasteiger partial charge in [-0.25, -0.2) is 0 Å². The van der Waals surface area contributed by atoms with Crippen molar-refractivity contribution in [3.63, 3.8) is 0 Å². The first-order valence-corrected chi connectivity index (χ1v) is 31.1. The van der Waals surface area contributed by atoms with Crippen LogP contribution in [0.3, 0.4) is 0 Å². The van der Waals surface area contributed by atoms with Crippen molar-refractivity contribution >= 4 is 43.6 Å². The summed E-state index contributed by atoms with van der Waals surface area (Å²) in [6.07, 6.45) is -54.8. The fourth-order valence-corrected chi connectivity index (χ4v) is 13.4. The summed E-state index contributed by atoms with van der Waals surface area (Å²) in [4.78, 5) is 0. The second-order valence-corrected chi connectivity index (χ2v) is 25.0. The highest BCUT2D eigenvalue weighted by molar-refractivity contribution is 6.14. The number of halogens is 30. The number of benzene rings is 11. The lowest BCUT2D eigenvalue weighted by molar-refractivity contribution is -0.144. The third-order valence-electron chi connectivity index (χ3n) is 18.3. The number of fused-ring (bicyclic) bond motifs is 6. The summed E-state index contributed by atoms with van der Waals surface area (Å²) in [5.74, 6) is 0. The first kappa shape index (κ1) is 76.6. The van der Waals surface area contributed by atoms with Crippen LogP contribution >= 0.6 is 0 Å². The summed E-state index contributed by atoms with van der Waals surface area (Å²) in [6.45, 7) is 0. The summed E-state index contributed by atoms with van der Waals surface area (Å²) < 4.78 is 438. The molecule has 2 heterocycles. The van der Waals surface area contributed by atoms with Gasteiger partial charge in [0.15, 0.2) is 0 Å². The predicted octanol–water partition coefficient (Wildman–Crippen LogP) is 27.9. The topological polar surface area (TPSA) is 33.6 Å². The Balaban J connectivity index is 1.13. The molecule has 566 valence electrons. The molecule has 0 N–H and O–H groups in total. The number of nitriles is 1. The molecule has 0 spiro atoms. The molecule has 0 amide bonds. The van der Waals surface area contributed by atoms with Crippen LogP contribution in [0.4, 0.5) is 132 Å². The number of rotatable bonds is 8. The van der Waals surface area contributed by atoms with E-state index in [4.69, 9.17) is 0 Å². The molecule has 0 bridgehead atoms. The summed E-state index contributed by atoms with van der Waals surface area (Å²) in [5.41, 5.74) is -29.1. The summed E-state index contributed by atoms with van der Waals surface area (Å²) in [5, 5.41) is 9.79. The molecular formula is C77H33F30N3. The molecule has 0 saturated carbocycles. The fourth-order valence-electron chi connectivity index (χ4n) is 13.4. The third-order valence-corrected chi connectivity index (χ3v) is 18.3. The predicted molar refractivity (Wildman–Crippen MR) is 342 cm³/mol. The van der Waals surface area contributed by atoms with E-state index in [1.807, 2.05) is 6.07 Å². The molecule has 2 aromatic heterocycles. The zero-order valence-corrected chi connectivity index (χ0v) is 53.7. The normalized spacial score (nSPS) is 13.4. The Morgan fingerprint density at radius 1 is 0.209 bits per heavy atom. The van der Waals surface area contributed by atoms with Gasteiger partial charge < -0.3 is 9.13 Å². The lowest BCUT2D eigenvalue weighted by Crippen LogP contribution is -2.12. The van der Waals surface area contributed by atoms with Crippen molar-refractivity contribution in [2.75, 3.05) is 0 Å². The van der Waals surface area contributed by atoms with E-state index in [1.54, 1.807) is 0 Å². The largest absolute Gasteiger partial charge is 0.417 e. The fraction of sp³-hybridized carbons (Fsp3) is 0.130. The lowest BCUT2D eigenvalue weighted by atomic mass is 9.91. The van der Waals surface area contributed by atoms with Gasteiger partial charge >= 0.3 is 61.8 Å². The van der Waals surface area contributed by atoms with E-state index in [2.05, 4.69) is 0 Å². The average molecular weight is 1570 g/mol. The average Bonchev–Trinajstić information content (AvgIpc) is 1.56. The van der Waals surface area contributed by atoms with Crippen LogP contribution < -0.4 is 0 Å². The van der Waals surface area contributed by atoms with Crippen LogP contribution in [0.1, 0.15) is 61.2 Å². The SMILES string of the molecule is N#Cc1ccc(-n2c3ccc(-c4ccc(C(F)(F)F)cc4C(F)(F)F)cc3c3cc(-c4ccc(C(F)(F)F)cc4C(F)(F)F)ccc32)cc1-c1cc(-c2ccc(C(F)(F)F)cc2C(F)(F)F)ccc1-n1c2ccc(-c3ccc(C(F)(F)F)cc3C(F)(F)F)cc2c2cc(-c3ccc(C(F)(F)F)cc3C(F)(F)F)ccc21. The number of hydrogen-bond acceptors (Lipinski definition) is 1. The number of aromatic nitrogens is 2. The minimum atomic E-state index is -5.65. The summed E-state index contributed by atoms with van der Waals surface area (Å²) in [6, 6.07) is 21.8. The zero-order chi connectivity index (χ0) is 80.2. The summed E-state index contributed by atoms with van der Waals surface area (Å²) >= 11 is 0. The number of alkyl halides is 30. The maximum absolute atomic E-state index is 15.3. The Morgan fingerprint density at radius 2 is 0.455 bits per heavy atom. The van der Waals surface area contributed by atoms with Gasteiger partial charge in [0.25, 0.3) is 0 Å². The monoisotopic (exact) mass is 1570 g/mol. The van der Waals surface area contributed by atoms with Gasteiger partial charge in [-0.1, -0.05) is 60.7 Å². The van der Waals surface area contributed by atoms with E-state index in [0.29, 0.717) is 42.5 Å². The van der Waals surface area contributed by atoms with Crippen molar-refractivity contribution in [1.82, 2.24) is 9.13 Å².